The fourth-order valence-electron chi connectivity index (χ4n) is 2.93. The Morgan fingerprint density at radius 1 is 1.08 bits per heavy atom. The minimum absolute atomic E-state index is 0.277. The van der Waals surface area contributed by atoms with E-state index >= 15 is 0 Å². The second kappa shape index (κ2) is 8.67. The van der Waals surface area contributed by atoms with Gasteiger partial charge in [-0.1, -0.05) is 46.2 Å². The summed E-state index contributed by atoms with van der Waals surface area (Å²) in [5.41, 5.74) is 2.44. The first-order chi connectivity index (χ1) is 12.3. The second-order valence-electron chi connectivity index (χ2n) is 6.88. The predicted molar refractivity (Wildman–Crippen MR) is 106 cm³/mol. The molecular weight excluding hydrogens is 349 g/mol. The van der Waals surface area contributed by atoms with E-state index in [4.69, 9.17) is 0 Å². The Kier molecular flexibility index (Phi) is 6.81. The van der Waals surface area contributed by atoms with Gasteiger partial charge in [0.1, 0.15) is 5.82 Å². The van der Waals surface area contributed by atoms with Crippen LogP contribution in [0.25, 0.3) is 0 Å². The highest BCUT2D eigenvalue weighted by Gasteiger charge is 2.29. The van der Waals surface area contributed by atoms with Gasteiger partial charge in [0.05, 0.1) is 10.6 Å². The monoisotopic (exact) mass is 377 g/mol. The number of rotatable bonds is 3. The summed E-state index contributed by atoms with van der Waals surface area (Å²) in [6.45, 7) is 8.81. The summed E-state index contributed by atoms with van der Waals surface area (Å²) in [5.74, 6) is 0.0229. The summed E-state index contributed by atoms with van der Waals surface area (Å²) in [6.07, 6.45) is 2.64. The number of hydrogen-bond acceptors (Lipinski definition) is 2. The van der Waals surface area contributed by atoms with Crippen LogP contribution in [0.2, 0.25) is 0 Å². The van der Waals surface area contributed by atoms with Gasteiger partial charge in [0, 0.05) is 6.54 Å². The molecule has 3 nitrogen and oxygen atoms in total. The van der Waals surface area contributed by atoms with Crippen molar-refractivity contribution in [1.29, 1.82) is 0 Å². The van der Waals surface area contributed by atoms with Crippen LogP contribution >= 0.6 is 0 Å². The maximum absolute atomic E-state index is 13.4. The van der Waals surface area contributed by atoms with Gasteiger partial charge in [-0.05, 0) is 60.2 Å². The lowest BCUT2D eigenvalue weighted by Crippen LogP contribution is -2.35. The molecule has 1 heterocycles. The van der Waals surface area contributed by atoms with E-state index in [1.807, 2.05) is 12.1 Å². The molecule has 0 saturated carbocycles. The van der Waals surface area contributed by atoms with Crippen LogP contribution in [0.15, 0.2) is 47.4 Å². The second-order valence-corrected chi connectivity index (χ2v) is 8.75. The van der Waals surface area contributed by atoms with Gasteiger partial charge in [-0.25, -0.2) is 12.8 Å². The maximum Gasteiger partial charge on any atom is 0.264 e. The third kappa shape index (κ3) is 4.44. The third-order valence-corrected chi connectivity index (χ3v) is 6.08. The average molecular weight is 378 g/mol. The van der Waals surface area contributed by atoms with Crippen molar-refractivity contribution in [2.24, 2.45) is 0 Å². The fourth-order valence-corrected chi connectivity index (χ4v) is 4.47. The van der Waals surface area contributed by atoms with Crippen molar-refractivity contribution in [3.05, 3.63) is 59.4 Å². The quantitative estimate of drug-likeness (QED) is 0.707. The molecule has 0 fully saturated rings. The molecule has 0 saturated heterocycles. The Bertz CT molecular complexity index is 830. The SMILES string of the molecule is CC(C)c1ccc(S(=O)(=O)N2CCCc3cc(F)ccc32)cc1.CCC. The Morgan fingerprint density at radius 3 is 2.27 bits per heavy atom. The molecule has 3 rings (SSSR count). The Hall–Kier alpha value is -1.88. The Labute approximate surface area is 156 Å². The van der Waals surface area contributed by atoms with Gasteiger partial charge in [-0.2, -0.15) is 0 Å². The number of hydrogen-bond donors (Lipinski definition) is 0. The molecule has 26 heavy (non-hydrogen) atoms. The lowest BCUT2D eigenvalue weighted by Gasteiger charge is -2.30. The first-order valence-corrected chi connectivity index (χ1v) is 10.7. The highest BCUT2D eigenvalue weighted by molar-refractivity contribution is 7.92. The molecule has 0 aliphatic carbocycles. The zero-order chi connectivity index (χ0) is 19.3. The summed E-state index contributed by atoms with van der Waals surface area (Å²) in [7, 11) is -3.62. The molecule has 0 radical (unpaired) electrons. The predicted octanol–water partition coefficient (Wildman–Crippen LogP) is 5.51. The van der Waals surface area contributed by atoms with Crippen molar-refractivity contribution in [3.63, 3.8) is 0 Å². The average Bonchev–Trinajstić information content (AvgIpc) is 2.61. The molecule has 0 unspecified atom stereocenters. The molecule has 142 valence electrons. The van der Waals surface area contributed by atoms with E-state index in [0.29, 0.717) is 31.0 Å². The minimum atomic E-state index is -3.62. The molecule has 0 bridgehead atoms. The Morgan fingerprint density at radius 2 is 1.69 bits per heavy atom. The van der Waals surface area contributed by atoms with Crippen LogP contribution < -0.4 is 4.31 Å². The van der Waals surface area contributed by atoms with Gasteiger partial charge >= 0.3 is 0 Å². The molecule has 5 heteroatoms. The van der Waals surface area contributed by atoms with Crippen molar-refractivity contribution in [2.75, 3.05) is 10.8 Å². The number of fused-ring (bicyclic) bond motifs is 1. The summed E-state index contributed by atoms with van der Waals surface area (Å²) < 4.78 is 40.7. The van der Waals surface area contributed by atoms with E-state index in [1.165, 1.54) is 22.9 Å². The van der Waals surface area contributed by atoms with Gasteiger partial charge in [-0.15, -0.1) is 0 Å². The number of benzene rings is 2. The molecule has 0 spiro atoms. The van der Waals surface area contributed by atoms with Crippen LogP contribution in [0.1, 0.15) is 57.6 Å². The van der Waals surface area contributed by atoms with Crippen molar-refractivity contribution in [1.82, 2.24) is 0 Å². The third-order valence-electron chi connectivity index (χ3n) is 4.25. The first-order valence-electron chi connectivity index (χ1n) is 9.22. The van der Waals surface area contributed by atoms with Crippen LogP contribution in [0.4, 0.5) is 10.1 Å². The topological polar surface area (TPSA) is 37.4 Å². The lowest BCUT2D eigenvalue weighted by atomic mass is 10.0. The van der Waals surface area contributed by atoms with Crippen LogP contribution in [0, 0.1) is 5.82 Å². The van der Waals surface area contributed by atoms with Gasteiger partial charge in [-0.3, -0.25) is 4.31 Å². The van der Waals surface area contributed by atoms with E-state index in [1.54, 1.807) is 18.2 Å². The number of halogens is 1. The number of anilines is 1. The summed E-state index contributed by atoms with van der Waals surface area (Å²) in [5, 5.41) is 0. The van der Waals surface area contributed by atoms with Crippen molar-refractivity contribution in [2.45, 2.75) is 57.8 Å². The van der Waals surface area contributed by atoms with E-state index in [2.05, 4.69) is 27.7 Å². The van der Waals surface area contributed by atoms with Crippen LogP contribution in [-0.4, -0.2) is 15.0 Å². The van der Waals surface area contributed by atoms with Gasteiger partial charge in [0.25, 0.3) is 10.0 Å². The van der Waals surface area contributed by atoms with E-state index in [9.17, 15) is 12.8 Å². The molecule has 1 aliphatic rings. The van der Waals surface area contributed by atoms with Gasteiger partial charge in [0.2, 0.25) is 0 Å². The standard InChI is InChI=1S/C18H20FNO2S.C3H8/c1-13(2)14-5-8-17(9-6-14)23(21,22)20-11-3-4-15-12-16(19)7-10-18(15)20;1-3-2/h5-10,12-13H,3-4,11H2,1-2H3;3H2,1-2H3. The molecule has 2 aromatic rings. The summed E-state index contributed by atoms with van der Waals surface area (Å²) >= 11 is 0. The molecular formula is C21H28FNO2S. The van der Waals surface area contributed by atoms with E-state index in [-0.39, 0.29) is 10.7 Å². The van der Waals surface area contributed by atoms with Crippen LogP contribution in [0.3, 0.4) is 0 Å². The van der Waals surface area contributed by atoms with Crippen molar-refractivity contribution in [3.8, 4) is 0 Å². The summed E-state index contributed by atoms with van der Waals surface area (Å²) in [4.78, 5) is 0.277. The highest BCUT2D eigenvalue weighted by Crippen LogP contribution is 2.32. The molecule has 0 aromatic heterocycles. The molecule has 2 aromatic carbocycles. The first kappa shape index (κ1) is 20.4. The van der Waals surface area contributed by atoms with E-state index < -0.39 is 10.0 Å². The van der Waals surface area contributed by atoms with Gasteiger partial charge in [0.15, 0.2) is 0 Å². The highest BCUT2D eigenvalue weighted by atomic mass is 32.2. The normalized spacial score (nSPS) is 13.8. The molecule has 0 amide bonds. The molecule has 0 atom stereocenters. The maximum atomic E-state index is 13.4. The number of aryl methyl sites for hydroxylation is 1. The minimum Gasteiger partial charge on any atom is -0.266 e. The van der Waals surface area contributed by atoms with Gasteiger partial charge < -0.3 is 0 Å². The zero-order valence-corrected chi connectivity index (χ0v) is 16.8. The number of nitrogens with zero attached hydrogens (tertiary/aromatic N) is 1. The number of sulfonamides is 1. The van der Waals surface area contributed by atoms with Crippen molar-refractivity contribution >= 4 is 15.7 Å². The smallest absolute Gasteiger partial charge is 0.264 e. The molecule has 1 aliphatic heterocycles. The van der Waals surface area contributed by atoms with Crippen LogP contribution in [-0.2, 0) is 16.4 Å². The Balaban J connectivity index is 0.000000758. The van der Waals surface area contributed by atoms with Crippen LogP contribution in [0.5, 0.6) is 0 Å². The molecule has 0 N–H and O–H groups in total. The fraction of sp³-hybridized carbons (Fsp3) is 0.429. The van der Waals surface area contributed by atoms with E-state index in [0.717, 1.165) is 11.1 Å². The zero-order valence-electron chi connectivity index (χ0n) is 16.0. The lowest BCUT2D eigenvalue weighted by molar-refractivity contribution is 0.585. The largest absolute Gasteiger partial charge is 0.266 e. The van der Waals surface area contributed by atoms with Crippen molar-refractivity contribution < 1.29 is 12.8 Å². The summed E-state index contributed by atoms with van der Waals surface area (Å²) in [6, 6.07) is 11.3.